The minimum atomic E-state index is 0.0911. The summed E-state index contributed by atoms with van der Waals surface area (Å²) in [6.07, 6.45) is 13.5. The van der Waals surface area contributed by atoms with Crippen LogP contribution in [0.15, 0.2) is 55.4 Å². The van der Waals surface area contributed by atoms with Gasteiger partial charge in [0, 0.05) is 36.3 Å². The zero-order valence-corrected chi connectivity index (χ0v) is 15.7. The molecule has 0 saturated heterocycles. The molecule has 144 valence electrons. The van der Waals surface area contributed by atoms with E-state index < -0.39 is 0 Å². The van der Waals surface area contributed by atoms with Gasteiger partial charge in [0.2, 0.25) is 5.91 Å². The standard InChI is InChI=1S/C21H24N6O/c28-21(10-5-16-3-1-2-4-16)26-18-8-6-17(7-9-18)25-19-13-20(24-14-23-19)27-12-11-22-15-27/h6-9,11-16H,1-5,10H2,(H,26,28)(H,23,24,25). The maximum absolute atomic E-state index is 12.1. The van der Waals surface area contributed by atoms with Crippen LogP contribution in [-0.4, -0.2) is 25.4 Å². The summed E-state index contributed by atoms with van der Waals surface area (Å²) < 4.78 is 1.82. The molecule has 0 spiro atoms. The highest BCUT2D eigenvalue weighted by Gasteiger charge is 2.16. The fraction of sp³-hybridized carbons (Fsp3) is 0.333. The number of aromatic nitrogens is 4. The van der Waals surface area contributed by atoms with E-state index in [0.717, 1.165) is 29.5 Å². The molecule has 0 unspecified atom stereocenters. The van der Waals surface area contributed by atoms with Crippen molar-refractivity contribution in [2.75, 3.05) is 10.6 Å². The highest BCUT2D eigenvalue weighted by molar-refractivity contribution is 5.90. The molecule has 2 heterocycles. The van der Waals surface area contributed by atoms with Crippen molar-refractivity contribution in [1.29, 1.82) is 0 Å². The number of anilines is 3. The number of amides is 1. The van der Waals surface area contributed by atoms with Crippen LogP contribution in [0, 0.1) is 5.92 Å². The largest absolute Gasteiger partial charge is 0.340 e. The first-order valence-electron chi connectivity index (χ1n) is 9.73. The first-order chi connectivity index (χ1) is 13.8. The first-order valence-corrected chi connectivity index (χ1v) is 9.73. The van der Waals surface area contributed by atoms with Crippen molar-refractivity contribution in [1.82, 2.24) is 19.5 Å². The number of carbonyl (C=O) groups is 1. The molecule has 3 aromatic rings. The van der Waals surface area contributed by atoms with Crippen molar-refractivity contribution in [2.24, 2.45) is 5.92 Å². The molecule has 4 rings (SSSR count). The monoisotopic (exact) mass is 376 g/mol. The summed E-state index contributed by atoms with van der Waals surface area (Å²) in [5, 5.41) is 6.23. The second-order valence-electron chi connectivity index (χ2n) is 7.17. The van der Waals surface area contributed by atoms with E-state index in [1.165, 1.54) is 32.0 Å². The van der Waals surface area contributed by atoms with Gasteiger partial charge in [0.25, 0.3) is 0 Å². The third-order valence-electron chi connectivity index (χ3n) is 5.12. The Morgan fingerprint density at radius 2 is 1.89 bits per heavy atom. The predicted molar refractivity (Wildman–Crippen MR) is 109 cm³/mol. The van der Waals surface area contributed by atoms with Crippen LogP contribution in [0.3, 0.4) is 0 Å². The van der Waals surface area contributed by atoms with Gasteiger partial charge in [-0.05, 0) is 36.6 Å². The summed E-state index contributed by atoms with van der Waals surface area (Å²) in [4.78, 5) is 24.7. The molecule has 0 aliphatic heterocycles. The lowest BCUT2D eigenvalue weighted by atomic mass is 10.0. The Labute approximate surface area is 164 Å². The van der Waals surface area contributed by atoms with Gasteiger partial charge in [-0.1, -0.05) is 25.7 Å². The van der Waals surface area contributed by atoms with E-state index in [4.69, 9.17) is 0 Å². The van der Waals surface area contributed by atoms with E-state index in [9.17, 15) is 4.79 Å². The lowest BCUT2D eigenvalue weighted by molar-refractivity contribution is -0.116. The molecule has 0 bridgehead atoms. The van der Waals surface area contributed by atoms with Gasteiger partial charge < -0.3 is 10.6 Å². The van der Waals surface area contributed by atoms with Crippen molar-refractivity contribution in [3.05, 3.63) is 55.4 Å². The topological polar surface area (TPSA) is 84.7 Å². The van der Waals surface area contributed by atoms with Gasteiger partial charge in [-0.15, -0.1) is 0 Å². The van der Waals surface area contributed by atoms with E-state index in [2.05, 4.69) is 25.6 Å². The second kappa shape index (κ2) is 8.65. The molecule has 1 aliphatic rings. The average Bonchev–Trinajstić information content (AvgIpc) is 3.42. The van der Waals surface area contributed by atoms with Crippen LogP contribution >= 0.6 is 0 Å². The van der Waals surface area contributed by atoms with Gasteiger partial charge in [-0.3, -0.25) is 9.36 Å². The van der Waals surface area contributed by atoms with Crippen LogP contribution in [0.1, 0.15) is 38.5 Å². The number of rotatable bonds is 7. The summed E-state index contributed by atoms with van der Waals surface area (Å²) in [5.41, 5.74) is 1.70. The second-order valence-corrected chi connectivity index (χ2v) is 7.17. The molecule has 2 N–H and O–H groups in total. The Morgan fingerprint density at radius 1 is 1.11 bits per heavy atom. The maximum atomic E-state index is 12.1. The van der Waals surface area contributed by atoms with Gasteiger partial charge in [0.05, 0.1) is 0 Å². The van der Waals surface area contributed by atoms with E-state index in [1.807, 2.05) is 41.1 Å². The third kappa shape index (κ3) is 4.73. The summed E-state index contributed by atoms with van der Waals surface area (Å²) in [6.45, 7) is 0. The van der Waals surface area contributed by atoms with Crippen LogP contribution in [-0.2, 0) is 4.79 Å². The quantitative estimate of drug-likeness (QED) is 0.642. The molecule has 7 heteroatoms. The summed E-state index contributed by atoms with van der Waals surface area (Å²) >= 11 is 0. The highest BCUT2D eigenvalue weighted by Crippen LogP contribution is 2.28. The van der Waals surface area contributed by atoms with Gasteiger partial charge in [0.1, 0.15) is 24.3 Å². The van der Waals surface area contributed by atoms with Gasteiger partial charge in [0.15, 0.2) is 0 Å². The molecule has 1 aliphatic carbocycles. The van der Waals surface area contributed by atoms with Crippen LogP contribution in [0.5, 0.6) is 0 Å². The number of benzene rings is 1. The van der Waals surface area contributed by atoms with Gasteiger partial charge >= 0.3 is 0 Å². The Morgan fingerprint density at radius 3 is 2.64 bits per heavy atom. The molecule has 1 saturated carbocycles. The highest BCUT2D eigenvalue weighted by atomic mass is 16.1. The predicted octanol–water partition coefficient (Wildman–Crippen LogP) is 4.31. The number of carbonyl (C=O) groups excluding carboxylic acids is 1. The number of imidazole rings is 1. The minimum absolute atomic E-state index is 0.0911. The first kappa shape index (κ1) is 18.2. The fourth-order valence-corrected chi connectivity index (χ4v) is 3.59. The summed E-state index contributed by atoms with van der Waals surface area (Å²) in [7, 11) is 0. The van der Waals surface area contributed by atoms with E-state index in [1.54, 1.807) is 12.5 Å². The lowest BCUT2D eigenvalue weighted by Crippen LogP contribution is -2.12. The fourth-order valence-electron chi connectivity index (χ4n) is 3.59. The van der Waals surface area contributed by atoms with E-state index in [-0.39, 0.29) is 5.91 Å². The Kier molecular flexibility index (Phi) is 5.61. The van der Waals surface area contributed by atoms with Crippen LogP contribution in [0.25, 0.3) is 5.82 Å². The zero-order chi connectivity index (χ0) is 19.2. The van der Waals surface area contributed by atoms with Crippen LogP contribution < -0.4 is 10.6 Å². The minimum Gasteiger partial charge on any atom is -0.340 e. The average molecular weight is 376 g/mol. The van der Waals surface area contributed by atoms with Gasteiger partial charge in [-0.25, -0.2) is 15.0 Å². The molecule has 1 amide bonds. The van der Waals surface area contributed by atoms with Crippen molar-refractivity contribution in [3.8, 4) is 5.82 Å². The van der Waals surface area contributed by atoms with Gasteiger partial charge in [-0.2, -0.15) is 0 Å². The lowest BCUT2D eigenvalue weighted by Gasteiger charge is -2.10. The van der Waals surface area contributed by atoms with E-state index >= 15 is 0 Å². The number of hydrogen-bond acceptors (Lipinski definition) is 5. The molecule has 1 aromatic carbocycles. The molecule has 2 aromatic heterocycles. The van der Waals surface area contributed by atoms with Crippen LogP contribution in [0.4, 0.5) is 17.2 Å². The summed E-state index contributed by atoms with van der Waals surface area (Å²) in [6, 6.07) is 9.49. The Bertz CT molecular complexity index is 901. The maximum Gasteiger partial charge on any atom is 0.224 e. The van der Waals surface area contributed by atoms with E-state index in [0.29, 0.717) is 12.2 Å². The molecular weight excluding hydrogens is 352 g/mol. The molecule has 1 fully saturated rings. The zero-order valence-electron chi connectivity index (χ0n) is 15.7. The SMILES string of the molecule is O=C(CCC1CCCC1)Nc1ccc(Nc2cc(-n3ccnc3)ncn2)cc1. The Hall–Kier alpha value is -3.22. The Balaban J connectivity index is 1.32. The number of hydrogen-bond donors (Lipinski definition) is 2. The molecule has 28 heavy (non-hydrogen) atoms. The van der Waals surface area contributed by atoms with Crippen molar-refractivity contribution in [2.45, 2.75) is 38.5 Å². The summed E-state index contributed by atoms with van der Waals surface area (Å²) in [5.74, 6) is 2.25. The van der Waals surface area contributed by atoms with Crippen molar-refractivity contribution in [3.63, 3.8) is 0 Å². The molecular formula is C21H24N6O. The number of nitrogens with zero attached hydrogens (tertiary/aromatic N) is 4. The number of nitrogens with one attached hydrogen (secondary N) is 2. The molecule has 7 nitrogen and oxygen atoms in total. The molecule has 0 radical (unpaired) electrons. The normalized spacial score (nSPS) is 14.1. The van der Waals surface area contributed by atoms with Crippen molar-refractivity contribution >= 4 is 23.1 Å². The van der Waals surface area contributed by atoms with Crippen LogP contribution in [0.2, 0.25) is 0 Å². The molecule has 0 atom stereocenters. The smallest absolute Gasteiger partial charge is 0.224 e. The third-order valence-corrected chi connectivity index (χ3v) is 5.12. The van der Waals surface area contributed by atoms with Crippen molar-refractivity contribution < 1.29 is 4.79 Å².